The Balaban J connectivity index is 1.69. The van der Waals surface area contributed by atoms with Gasteiger partial charge in [0.1, 0.15) is 5.82 Å². The number of ether oxygens (including phenoxy) is 1. The molecule has 3 rings (SSSR count). The van der Waals surface area contributed by atoms with Crippen LogP contribution >= 0.6 is 11.8 Å². The molecular weight excluding hydrogens is 383 g/mol. The second-order valence-corrected chi connectivity index (χ2v) is 6.67. The molecule has 0 fully saturated rings. The van der Waals surface area contributed by atoms with Crippen LogP contribution in [0.3, 0.4) is 0 Å². The number of nitro benzene ring substituents is 1. The van der Waals surface area contributed by atoms with Crippen molar-refractivity contribution in [1.29, 1.82) is 0 Å². The molecule has 3 aromatic rings. The Kier molecular flexibility index (Phi) is 6.38. The number of benzene rings is 2. The highest BCUT2D eigenvalue weighted by Gasteiger charge is 2.17. The third kappa shape index (κ3) is 4.37. The van der Waals surface area contributed by atoms with E-state index in [1.807, 2.05) is 0 Å². The monoisotopic (exact) mass is 400 g/mol. The zero-order chi connectivity index (χ0) is 19.9. The van der Waals surface area contributed by atoms with Crippen LogP contribution in [0, 0.1) is 15.9 Å². The summed E-state index contributed by atoms with van der Waals surface area (Å²) in [4.78, 5) is 10.5. The number of para-hydroxylation sites is 2. The van der Waals surface area contributed by atoms with Gasteiger partial charge in [-0.25, -0.2) is 4.39 Å². The first kappa shape index (κ1) is 19.6. The maximum Gasteiger partial charge on any atom is 0.310 e. The fourth-order valence-electron chi connectivity index (χ4n) is 2.55. The summed E-state index contributed by atoms with van der Waals surface area (Å²) >= 11 is 1.37. The Morgan fingerprint density at radius 1 is 1.21 bits per heavy atom. The van der Waals surface area contributed by atoms with Gasteiger partial charge in [-0.2, -0.15) is 0 Å². The van der Waals surface area contributed by atoms with Gasteiger partial charge in [-0.05, 0) is 18.2 Å². The lowest BCUT2D eigenvalue weighted by Gasteiger charge is -2.09. The maximum atomic E-state index is 14.1. The summed E-state index contributed by atoms with van der Waals surface area (Å²) in [6, 6.07) is 12.6. The summed E-state index contributed by atoms with van der Waals surface area (Å²) in [5.74, 6) is 0.739. The minimum absolute atomic E-state index is 0.0795. The van der Waals surface area contributed by atoms with Crippen LogP contribution in [0.5, 0.6) is 5.75 Å². The van der Waals surface area contributed by atoms with Gasteiger partial charge < -0.3 is 4.74 Å². The number of hydrogen-bond acceptors (Lipinski definition) is 6. The lowest BCUT2D eigenvalue weighted by atomic mass is 10.2. The Bertz CT molecular complexity index is 993. The summed E-state index contributed by atoms with van der Waals surface area (Å²) in [6.45, 7) is 4.39. The molecule has 0 radical (unpaired) electrons. The van der Waals surface area contributed by atoms with Crippen LogP contribution in [-0.2, 0) is 6.54 Å². The number of aromatic nitrogens is 3. The number of nitrogens with zero attached hydrogens (tertiary/aromatic N) is 4. The molecule has 0 N–H and O–H groups in total. The minimum atomic E-state index is -0.482. The molecule has 28 heavy (non-hydrogen) atoms. The van der Waals surface area contributed by atoms with Crippen LogP contribution in [-0.4, -0.2) is 32.0 Å². The van der Waals surface area contributed by atoms with Gasteiger partial charge in [0, 0.05) is 18.4 Å². The zero-order valence-electron chi connectivity index (χ0n) is 14.8. The highest BCUT2D eigenvalue weighted by Crippen LogP contribution is 2.28. The van der Waals surface area contributed by atoms with Crippen LogP contribution in [0.1, 0.15) is 0 Å². The van der Waals surface area contributed by atoms with Gasteiger partial charge in [-0.3, -0.25) is 14.7 Å². The predicted molar refractivity (Wildman–Crippen MR) is 105 cm³/mol. The third-order valence-electron chi connectivity index (χ3n) is 3.78. The van der Waals surface area contributed by atoms with E-state index in [9.17, 15) is 14.5 Å². The lowest BCUT2D eigenvalue weighted by molar-refractivity contribution is -0.385. The Labute approximate surface area is 165 Å². The number of rotatable bonds is 9. The van der Waals surface area contributed by atoms with E-state index >= 15 is 0 Å². The molecule has 7 nitrogen and oxygen atoms in total. The van der Waals surface area contributed by atoms with Gasteiger partial charge in [0.25, 0.3) is 0 Å². The maximum absolute atomic E-state index is 14.1. The molecule has 0 aliphatic heterocycles. The number of thioether (sulfide) groups is 1. The molecule has 0 aliphatic rings. The number of nitro groups is 1. The zero-order valence-corrected chi connectivity index (χ0v) is 15.6. The fourth-order valence-corrected chi connectivity index (χ4v) is 3.31. The van der Waals surface area contributed by atoms with Crippen molar-refractivity contribution in [3.8, 4) is 17.1 Å². The van der Waals surface area contributed by atoms with E-state index in [0.717, 1.165) is 0 Å². The molecule has 9 heteroatoms. The summed E-state index contributed by atoms with van der Waals surface area (Å²) < 4.78 is 21.4. The van der Waals surface area contributed by atoms with Gasteiger partial charge >= 0.3 is 5.69 Å². The first-order chi connectivity index (χ1) is 13.6. The van der Waals surface area contributed by atoms with Gasteiger partial charge in [-0.15, -0.1) is 16.8 Å². The van der Waals surface area contributed by atoms with Gasteiger partial charge in [0.2, 0.25) is 0 Å². The van der Waals surface area contributed by atoms with Crippen molar-refractivity contribution in [2.75, 3.05) is 12.4 Å². The molecule has 0 saturated carbocycles. The molecule has 0 bridgehead atoms. The lowest BCUT2D eigenvalue weighted by Crippen LogP contribution is -2.05. The van der Waals surface area contributed by atoms with Crippen molar-refractivity contribution in [1.82, 2.24) is 14.8 Å². The van der Waals surface area contributed by atoms with Crippen LogP contribution in [0.2, 0.25) is 0 Å². The molecule has 0 amide bonds. The standard InChI is InChI=1S/C19H17FN4O3S/c1-2-11-23-18(14-7-3-4-8-15(14)20)21-22-19(23)28-13-12-27-17-10-6-5-9-16(17)24(25)26/h2-10H,1,11-13H2. The van der Waals surface area contributed by atoms with Crippen molar-refractivity contribution in [3.63, 3.8) is 0 Å². The van der Waals surface area contributed by atoms with Crippen molar-refractivity contribution in [2.45, 2.75) is 11.7 Å². The second kappa shape index (κ2) is 9.14. The summed E-state index contributed by atoms with van der Waals surface area (Å²) in [5, 5.41) is 19.9. The largest absolute Gasteiger partial charge is 0.486 e. The second-order valence-electron chi connectivity index (χ2n) is 5.61. The molecule has 144 valence electrons. The van der Waals surface area contributed by atoms with Crippen LogP contribution < -0.4 is 4.74 Å². The van der Waals surface area contributed by atoms with E-state index in [1.54, 1.807) is 47.0 Å². The van der Waals surface area contributed by atoms with Gasteiger partial charge in [-0.1, -0.05) is 42.1 Å². The summed E-state index contributed by atoms with van der Waals surface area (Å²) in [6.07, 6.45) is 1.68. The Morgan fingerprint density at radius 2 is 1.96 bits per heavy atom. The van der Waals surface area contributed by atoms with Gasteiger partial charge in [0.05, 0.1) is 17.1 Å². The smallest absolute Gasteiger partial charge is 0.310 e. The molecule has 0 unspecified atom stereocenters. The van der Waals surface area contributed by atoms with E-state index in [0.29, 0.717) is 28.8 Å². The predicted octanol–water partition coefficient (Wildman–Crippen LogP) is 4.35. The van der Waals surface area contributed by atoms with Gasteiger partial charge in [0.15, 0.2) is 16.7 Å². The highest BCUT2D eigenvalue weighted by atomic mass is 32.2. The molecule has 2 aromatic carbocycles. The van der Waals surface area contributed by atoms with Crippen molar-refractivity contribution in [2.24, 2.45) is 0 Å². The highest BCUT2D eigenvalue weighted by molar-refractivity contribution is 7.99. The molecular formula is C19H17FN4O3S. The SMILES string of the molecule is C=CCn1c(SCCOc2ccccc2[N+](=O)[O-])nnc1-c1ccccc1F. The average Bonchev–Trinajstić information content (AvgIpc) is 3.08. The quantitative estimate of drug-likeness (QED) is 0.175. The average molecular weight is 400 g/mol. The normalized spacial score (nSPS) is 10.6. The molecule has 0 aliphatic carbocycles. The molecule has 1 heterocycles. The topological polar surface area (TPSA) is 83.1 Å². The van der Waals surface area contributed by atoms with Crippen molar-refractivity contribution in [3.05, 3.63) is 77.1 Å². The number of halogens is 1. The Hall–Kier alpha value is -3.20. The van der Waals surface area contributed by atoms with Crippen LogP contribution in [0.4, 0.5) is 10.1 Å². The van der Waals surface area contributed by atoms with Crippen LogP contribution in [0.25, 0.3) is 11.4 Å². The van der Waals surface area contributed by atoms with E-state index in [4.69, 9.17) is 4.74 Å². The minimum Gasteiger partial charge on any atom is -0.486 e. The first-order valence-corrected chi connectivity index (χ1v) is 9.38. The Morgan fingerprint density at radius 3 is 2.71 bits per heavy atom. The fraction of sp³-hybridized carbons (Fsp3) is 0.158. The van der Waals surface area contributed by atoms with E-state index in [2.05, 4.69) is 16.8 Å². The third-order valence-corrected chi connectivity index (χ3v) is 4.71. The van der Waals surface area contributed by atoms with E-state index < -0.39 is 4.92 Å². The molecule has 1 aromatic heterocycles. The molecule has 0 atom stereocenters. The molecule has 0 saturated heterocycles. The van der Waals surface area contributed by atoms with Crippen LogP contribution in [0.15, 0.2) is 66.3 Å². The van der Waals surface area contributed by atoms with E-state index in [-0.39, 0.29) is 23.9 Å². The number of allylic oxidation sites excluding steroid dienone is 1. The van der Waals surface area contributed by atoms with Crippen molar-refractivity contribution < 1.29 is 14.1 Å². The van der Waals surface area contributed by atoms with E-state index in [1.165, 1.54) is 23.9 Å². The number of hydrogen-bond donors (Lipinski definition) is 0. The summed E-state index contributed by atoms with van der Waals surface area (Å²) in [7, 11) is 0. The summed E-state index contributed by atoms with van der Waals surface area (Å²) in [5.41, 5.74) is 0.282. The van der Waals surface area contributed by atoms with Crippen molar-refractivity contribution >= 4 is 17.4 Å². The first-order valence-electron chi connectivity index (χ1n) is 8.40. The molecule has 0 spiro atoms.